The van der Waals surface area contributed by atoms with Crippen LogP contribution in [0.1, 0.15) is 13.3 Å². The summed E-state index contributed by atoms with van der Waals surface area (Å²) in [5.74, 6) is -1.41. The van der Waals surface area contributed by atoms with Crippen molar-refractivity contribution in [2.75, 3.05) is 19.6 Å². The molecule has 0 unspecified atom stereocenters. The number of carbonyl (C=O) groups excluding carboxylic acids is 1. The van der Waals surface area contributed by atoms with E-state index in [1.165, 1.54) is 0 Å². The predicted octanol–water partition coefficient (Wildman–Crippen LogP) is 0.206. The van der Waals surface area contributed by atoms with Crippen molar-refractivity contribution in [2.45, 2.75) is 13.3 Å². The highest BCUT2D eigenvalue weighted by atomic mass is 16.4. The molecule has 1 heterocycles. The fraction of sp³-hybridized carbons (Fsp3) is 0.500. The minimum Gasteiger partial charge on any atom is -0.511 e. The molecule has 88 valence electrons. The van der Waals surface area contributed by atoms with Gasteiger partial charge in [-0.15, -0.1) is 0 Å². The maximum absolute atomic E-state index is 11.7. The maximum Gasteiger partial charge on any atom is 0.325 e. The van der Waals surface area contributed by atoms with Gasteiger partial charge in [-0.3, -0.25) is 14.6 Å². The average Bonchev–Trinajstić information content (AvgIpc) is 2.23. The quantitative estimate of drug-likeness (QED) is 0.670. The number of likely N-dealkylation sites (N-methyl/N-ethyl adjacent to an activating group) is 1. The number of carboxylic acids is 1. The molecule has 16 heavy (non-hydrogen) atoms. The molecule has 1 amide bonds. The molecule has 1 aliphatic rings. The SMILES string of the molecule is CCN1CCC(O)=C(C=NCC(=O)O)C1=O. The van der Waals surface area contributed by atoms with Gasteiger partial charge in [0.05, 0.1) is 5.57 Å². The van der Waals surface area contributed by atoms with E-state index in [9.17, 15) is 14.7 Å². The van der Waals surface area contributed by atoms with Crippen LogP contribution in [-0.4, -0.2) is 52.8 Å². The minimum atomic E-state index is -1.08. The van der Waals surface area contributed by atoms with Crippen molar-refractivity contribution in [1.29, 1.82) is 0 Å². The van der Waals surface area contributed by atoms with E-state index in [2.05, 4.69) is 4.99 Å². The van der Waals surface area contributed by atoms with Gasteiger partial charge in [0.1, 0.15) is 12.3 Å². The van der Waals surface area contributed by atoms with Gasteiger partial charge in [0.2, 0.25) is 0 Å². The van der Waals surface area contributed by atoms with Gasteiger partial charge in [0, 0.05) is 25.7 Å². The van der Waals surface area contributed by atoms with Gasteiger partial charge >= 0.3 is 5.97 Å². The molecular formula is C10H14N2O4. The molecule has 0 aromatic carbocycles. The number of carboxylic acid groups (broad SMARTS) is 1. The number of aliphatic hydroxyl groups excluding tert-OH is 1. The van der Waals surface area contributed by atoms with Crippen LogP contribution in [0.5, 0.6) is 0 Å². The zero-order valence-electron chi connectivity index (χ0n) is 9.01. The van der Waals surface area contributed by atoms with E-state index in [1.807, 2.05) is 6.92 Å². The molecule has 0 spiro atoms. The van der Waals surface area contributed by atoms with Crippen LogP contribution < -0.4 is 0 Å². The summed E-state index contributed by atoms with van der Waals surface area (Å²) in [6, 6.07) is 0. The molecule has 0 aromatic rings. The van der Waals surface area contributed by atoms with Crippen LogP contribution in [-0.2, 0) is 9.59 Å². The number of hydrogen-bond donors (Lipinski definition) is 2. The lowest BCUT2D eigenvalue weighted by Gasteiger charge is -2.25. The van der Waals surface area contributed by atoms with Gasteiger partial charge in [-0.2, -0.15) is 0 Å². The van der Waals surface area contributed by atoms with Crippen molar-refractivity contribution in [3.8, 4) is 0 Å². The van der Waals surface area contributed by atoms with Crippen molar-refractivity contribution >= 4 is 18.1 Å². The van der Waals surface area contributed by atoms with Crippen LogP contribution in [0, 0.1) is 0 Å². The van der Waals surface area contributed by atoms with E-state index >= 15 is 0 Å². The summed E-state index contributed by atoms with van der Waals surface area (Å²) >= 11 is 0. The number of carbonyl (C=O) groups is 2. The largest absolute Gasteiger partial charge is 0.511 e. The molecule has 6 nitrogen and oxygen atoms in total. The van der Waals surface area contributed by atoms with Gasteiger partial charge < -0.3 is 15.1 Å². The highest BCUT2D eigenvalue weighted by molar-refractivity contribution is 6.13. The van der Waals surface area contributed by atoms with Crippen LogP contribution in [0.25, 0.3) is 0 Å². The summed E-state index contributed by atoms with van der Waals surface area (Å²) in [5.41, 5.74) is 0.0920. The number of aliphatic imine (C=N–C) groups is 1. The van der Waals surface area contributed by atoms with E-state index < -0.39 is 12.5 Å². The number of nitrogens with zero attached hydrogens (tertiary/aromatic N) is 2. The molecule has 1 rings (SSSR count). The Kier molecular flexibility index (Phi) is 4.04. The lowest BCUT2D eigenvalue weighted by Crippen LogP contribution is -2.37. The third kappa shape index (κ3) is 2.82. The fourth-order valence-electron chi connectivity index (χ4n) is 1.42. The monoisotopic (exact) mass is 226 g/mol. The number of aliphatic hydroxyl groups is 1. The molecule has 0 aliphatic carbocycles. The summed E-state index contributed by atoms with van der Waals surface area (Å²) in [6.45, 7) is 2.47. The molecule has 0 bridgehead atoms. The van der Waals surface area contributed by atoms with Crippen molar-refractivity contribution in [3.05, 3.63) is 11.3 Å². The first kappa shape index (κ1) is 12.2. The van der Waals surface area contributed by atoms with Crippen molar-refractivity contribution in [3.63, 3.8) is 0 Å². The second-order valence-electron chi connectivity index (χ2n) is 3.36. The average molecular weight is 226 g/mol. The zero-order valence-corrected chi connectivity index (χ0v) is 9.01. The lowest BCUT2D eigenvalue weighted by molar-refractivity contribution is -0.135. The highest BCUT2D eigenvalue weighted by Gasteiger charge is 2.24. The normalized spacial score (nSPS) is 17.3. The van der Waals surface area contributed by atoms with Gasteiger partial charge in [-0.05, 0) is 6.92 Å². The van der Waals surface area contributed by atoms with Gasteiger partial charge in [-0.1, -0.05) is 0 Å². The summed E-state index contributed by atoms with van der Waals surface area (Å²) < 4.78 is 0. The van der Waals surface area contributed by atoms with Gasteiger partial charge in [0.25, 0.3) is 5.91 Å². The maximum atomic E-state index is 11.7. The third-order valence-corrected chi connectivity index (χ3v) is 2.28. The Balaban J connectivity index is 2.79. The topological polar surface area (TPSA) is 90.2 Å². The van der Waals surface area contributed by atoms with E-state index in [4.69, 9.17) is 5.11 Å². The third-order valence-electron chi connectivity index (χ3n) is 2.28. The summed E-state index contributed by atoms with van der Waals surface area (Å²) in [4.78, 5) is 27.1. The van der Waals surface area contributed by atoms with Gasteiger partial charge in [0.15, 0.2) is 0 Å². The molecule has 0 radical (unpaired) electrons. The lowest BCUT2D eigenvalue weighted by atomic mass is 10.1. The minimum absolute atomic E-state index is 0.0242. The van der Waals surface area contributed by atoms with Crippen LogP contribution in [0.3, 0.4) is 0 Å². The molecule has 6 heteroatoms. The van der Waals surface area contributed by atoms with Crippen molar-refractivity contribution in [2.24, 2.45) is 4.99 Å². The highest BCUT2D eigenvalue weighted by Crippen LogP contribution is 2.15. The first-order chi connectivity index (χ1) is 7.56. The Bertz CT molecular complexity index is 360. The molecule has 2 N–H and O–H groups in total. The number of rotatable bonds is 4. The first-order valence-electron chi connectivity index (χ1n) is 4.99. The molecule has 0 aromatic heterocycles. The van der Waals surface area contributed by atoms with Crippen LogP contribution in [0.4, 0.5) is 0 Å². The molecular weight excluding hydrogens is 212 g/mol. The Hall–Kier alpha value is -1.85. The number of hydrogen-bond acceptors (Lipinski definition) is 4. The van der Waals surface area contributed by atoms with E-state index in [0.29, 0.717) is 19.5 Å². The van der Waals surface area contributed by atoms with E-state index in [-0.39, 0.29) is 17.2 Å². The predicted molar refractivity (Wildman–Crippen MR) is 57.5 cm³/mol. The summed E-state index contributed by atoms with van der Waals surface area (Å²) in [6.07, 6.45) is 1.52. The zero-order chi connectivity index (χ0) is 12.1. The summed E-state index contributed by atoms with van der Waals surface area (Å²) in [7, 11) is 0. The smallest absolute Gasteiger partial charge is 0.325 e. The Morgan fingerprint density at radius 3 is 2.88 bits per heavy atom. The van der Waals surface area contributed by atoms with E-state index in [1.54, 1.807) is 4.90 Å². The number of amides is 1. The Morgan fingerprint density at radius 2 is 2.31 bits per heavy atom. The first-order valence-corrected chi connectivity index (χ1v) is 4.99. The van der Waals surface area contributed by atoms with Gasteiger partial charge in [-0.25, -0.2) is 0 Å². The molecule has 0 fully saturated rings. The second-order valence-corrected chi connectivity index (χ2v) is 3.36. The molecule has 1 aliphatic heterocycles. The second kappa shape index (κ2) is 5.29. The fourth-order valence-corrected chi connectivity index (χ4v) is 1.42. The standard InChI is InChI=1S/C10H14N2O4/c1-2-12-4-3-8(13)7(10(12)16)5-11-6-9(14)15/h5,13H,2-4,6H2,1H3,(H,14,15). The van der Waals surface area contributed by atoms with E-state index in [0.717, 1.165) is 6.21 Å². The molecule has 0 saturated heterocycles. The van der Waals surface area contributed by atoms with Crippen LogP contribution in [0.2, 0.25) is 0 Å². The molecule has 0 saturated carbocycles. The number of aliphatic carboxylic acids is 1. The molecule has 0 atom stereocenters. The summed E-state index contributed by atoms with van der Waals surface area (Å²) in [5, 5.41) is 17.9. The van der Waals surface area contributed by atoms with Crippen LogP contribution in [0.15, 0.2) is 16.3 Å². The Labute approximate surface area is 92.9 Å². The van der Waals surface area contributed by atoms with Crippen molar-refractivity contribution in [1.82, 2.24) is 4.90 Å². The van der Waals surface area contributed by atoms with Crippen LogP contribution >= 0.6 is 0 Å². The Morgan fingerprint density at radius 1 is 1.62 bits per heavy atom. The van der Waals surface area contributed by atoms with Crippen molar-refractivity contribution < 1.29 is 19.8 Å².